The number of thioether (sulfide) groups is 1. The van der Waals surface area contributed by atoms with Gasteiger partial charge in [0.15, 0.2) is 0 Å². The highest BCUT2D eigenvalue weighted by atomic mass is 32.2. The SMILES string of the molecule is O=C(O)C=CCSCCCO. The Bertz CT molecular complexity index is 134. The predicted octanol–water partition coefficient (Wildman–Crippen LogP) is 0.743. The lowest BCUT2D eigenvalue weighted by atomic mass is 10.5. The summed E-state index contributed by atoms with van der Waals surface area (Å²) in [6, 6.07) is 0. The van der Waals surface area contributed by atoms with E-state index in [1.165, 1.54) is 0 Å². The molecule has 0 saturated heterocycles. The van der Waals surface area contributed by atoms with Crippen LogP contribution in [0.4, 0.5) is 0 Å². The topological polar surface area (TPSA) is 57.5 Å². The standard InChI is InChI=1S/C7H12O3S/c8-4-2-6-11-5-1-3-7(9)10/h1,3,8H,2,4-6H2,(H,9,10). The zero-order valence-corrected chi connectivity index (χ0v) is 7.01. The van der Waals surface area contributed by atoms with Gasteiger partial charge in [-0.3, -0.25) is 0 Å². The second-order valence-corrected chi connectivity index (χ2v) is 3.04. The Balaban J connectivity index is 3.07. The van der Waals surface area contributed by atoms with Crippen molar-refractivity contribution in [3.05, 3.63) is 12.2 Å². The smallest absolute Gasteiger partial charge is 0.328 e. The van der Waals surface area contributed by atoms with E-state index < -0.39 is 5.97 Å². The van der Waals surface area contributed by atoms with Gasteiger partial charge >= 0.3 is 5.97 Å². The first kappa shape index (κ1) is 10.5. The number of aliphatic carboxylic acids is 1. The van der Waals surface area contributed by atoms with E-state index in [1.54, 1.807) is 17.8 Å². The molecule has 0 aliphatic rings. The summed E-state index contributed by atoms with van der Waals surface area (Å²) in [6.07, 6.45) is 3.50. The quantitative estimate of drug-likeness (QED) is 0.463. The van der Waals surface area contributed by atoms with Gasteiger partial charge in [-0.1, -0.05) is 6.08 Å². The second-order valence-electron chi connectivity index (χ2n) is 1.89. The highest BCUT2D eigenvalue weighted by Crippen LogP contribution is 2.01. The molecular formula is C7H12O3S. The molecule has 4 heteroatoms. The van der Waals surface area contributed by atoms with Gasteiger partial charge in [-0.25, -0.2) is 4.79 Å². The van der Waals surface area contributed by atoms with E-state index in [4.69, 9.17) is 10.2 Å². The average Bonchev–Trinajstić information content (AvgIpc) is 1.96. The molecule has 0 aliphatic heterocycles. The zero-order valence-electron chi connectivity index (χ0n) is 6.19. The van der Waals surface area contributed by atoms with Crippen molar-refractivity contribution in [2.24, 2.45) is 0 Å². The number of aliphatic hydroxyl groups is 1. The number of carboxylic acids is 1. The van der Waals surface area contributed by atoms with Crippen LogP contribution in [0.5, 0.6) is 0 Å². The average molecular weight is 176 g/mol. The van der Waals surface area contributed by atoms with Crippen LogP contribution in [0, 0.1) is 0 Å². The molecule has 0 bridgehead atoms. The summed E-state index contributed by atoms with van der Waals surface area (Å²) in [6.45, 7) is 0.204. The van der Waals surface area contributed by atoms with Crippen LogP contribution in [0.15, 0.2) is 12.2 Å². The van der Waals surface area contributed by atoms with Gasteiger partial charge < -0.3 is 10.2 Å². The van der Waals surface area contributed by atoms with Crippen LogP contribution < -0.4 is 0 Å². The molecule has 0 aliphatic carbocycles. The molecule has 0 amide bonds. The molecule has 0 aromatic heterocycles. The fraction of sp³-hybridized carbons (Fsp3) is 0.571. The van der Waals surface area contributed by atoms with Crippen molar-refractivity contribution in [1.82, 2.24) is 0 Å². The summed E-state index contributed by atoms with van der Waals surface area (Å²) in [7, 11) is 0. The third-order valence-electron chi connectivity index (χ3n) is 0.921. The van der Waals surface area contributed by atoms with Gasteiger partial charge in [0.25, 0.3) is 0 Å². The third kappa shape index (κ3) is 9.52. The Morgan fingerprint density at radius 3 is 2.82 bits per heavy atom. The van der Waals surface area contributed by atoms with Gasteiger partial charge in [-0.2, -0.15) is 11.8 Å². The van der Waals surface area contributed by atoms with E-state index in [-0.39, 0.29) is 6.61 Å². The van der Waals surface area contributed by atoms with Crippen molar-refractivity contribution in [1.29, 1.82) is 0 Å². The number of hydrogen-bond acceptors (Lipinski definition) is 3. The normalized spacial score (nSPS) is 10.6. The van der Waals surface area contributed by atoms with Crippen molar-refractivity contribution in [2.45, 2.75) is 6.42 Å². The van der Waals surface area contributed by atoms with Crippen LogP contribution >= 0.6 is 11.8 Å². The summed E-state index contributed by atoms with van der Waals surface area (Å²) < 4.78 is 0. The summed E-state index contributed by atoms with van der Waals surface area (Å²) in [5.74, 6) is 0.667. The number of rotatable bonds is 6. The minimum absolute atomic E-state index is 0.204. The molecular weight excluding hydrogens is 164 g/mol. The molecule has 0 rings (SSSR count). The van der Waals surface area contributed by atoms with Crippen LogP contribution in [0.3, 0.4) is 0 Å². The van der Waals surface area contributed by atoms with E-state index in [1.807, 2.05) is 0 Å². The highest BCUT2D eigenvalue weighted by Gasteiger charge is 1.86. The second kappa shape index (κ2) is 7.63. The van der Waals surface area contributed by atoms with Gasteiger partial charge in [0, 0.05) is 18.4 Å². The van der Waals surface area contributed by atoms with Crippen LogP contribution in [0.1, 0.15) is 6.42 Å². The molecule has 64 valence electrons. The number of carbonyl (C=O) groups is 1. The summed E-state index contributed by atoms with van der Waals surface area (Å²) in [4.78, 5) is 9.95. The summed E-state index contributed by atoms with van der Waals surface area (Å²) in [5.41, 5.74) is 0. The first-order valence-corrected chi connectivity index (χ1v) is 4.51. The van der Waals surface area contributed by atoms with Gasteiger partial charge in [0.1, 0.15) is 0 Å². The molecule has 0 radical (unpaired) electrons. The van der Waals surface area contributed by atoms with Crippen molar-refractivity contribution < 1.29 is 15.0 Å². The maximum absolute atomic E-state index is 9.95. The van der Waals surface area contributed by atoms with Crippen LogP contribution in [-0.2, 0) is 4.79 Å². The first-order valence-electron chi connectivity index (χ1n) is 3.35. The molecule has 0 spiro atoms. The predicted molar refractivity (Wildman–Crippen MR) is 45.8 cm³/mol. The zero-order chi connectivity index (χ0) is 8.53. The minimum atomic E-state index is -0.909. The molecule has 3 nitrogen and oxygen atoms in total. The fourth-order valence-electron chi connectivity index (χ4n) is 0.467. The molecule has 0 atom stereocenters. The maximum Gasteiger partial charge on any atom is 0.328 e. The van der Waals surface area contributed by atoms with Gasteiger partial charge in [0.05, 0.1) is 0 Å². The molecule has 0 heterocycles. The number of carboxylic acid groups (broad SMARTS) is 1. The fourth-order valence-corrected chi connectivity index (χ4v) is 1.20. The van der Waals surface area contributed by atoms with Gasteiger partial charge in [0.2, 0.25) is 0 Å². The Labute approximate surface area is 70.1 Å². The van der Waals surface area contributed by atoms with Crippen LogP contribution in [0.25, 0.3) is 0 Å². The molecule has 2 N–H and O–H groups in total. The highest BCUT2D eigenvalue weighted by molar-refractivity contribution is 7.99. The van der Waals surface area contributed by atoms with Crippen LogP contribution in [0.2, 0.25) is 0 Å². The van der Waals surface area contributed by atoms with E-state index in [0.717, 1.165) is 18.2 Å². The molecule has 0 fully saturated rings. The molecule has 0 aromatic carbocycles. The Kier molecular flexibility index (Phi) is 7.29. The van der Waals surface area contributed by atoms with Crippen molar-refractivity contribution >= 4 is 17.7 Å². The van der Waals surface area contributed by atoms with E-state index >= 15 is 0 Å². The lowest BCUT2D eigenvalue weighted by Crippen LogP contribution is -1.88. The summed E-state index contributed by atoms with van der Waals surface area (Å²) >= 11 is 1.61. The Hall–Kier alpha value is -0.480. The maximum atomic E-state index is 9.95. The molecule has 11 heavy (non-hydrogen) atoms. The molecule has 0 saturated carbocycles. The lowest BCUT2D eigenvalue weighted by molar-refractivity contribution is -0.131. The summed E-state index contributed by atoms with van der Waals surface area (Å²) in [5, 5.41) is 16.6. The molecule has 0 aromatic rings. The lowest BCUT2D eigenvalue weighted by Gasteiger charge is -1.92. The number of aliphatic hydroxyl groups excluding tert-OH is 1. The Morgan fingerprint density at radius 2 is 2.27 bits per heavy atom. The van der Waals surface area contributed by atoms with E-state index in [0.29, 0.717) is 5.75 Å². The first-order chi connectivity index (χ1) is 5.27. The van der Waals surface area contributed by atoms with E-state index in [2.05, 4.69) is 0 Å². The van der Waals surface area contributed by atoms with Crippen molar-refractivity contribution in [3.8, 4) is 0 Å². The molecule has 0 unspecified atom stereocenters. The van der Waals surface area contributed by atoms with Crippen molar-refractivity contribution in [3.63, 3.8) is 0 Å². The largest absolute Gasteiger partial charge is 0.478 e. The van der Waals surface area contributed by atoms with E-state index in [9.17, 15) is 4.79 Å². The third-order valence-corrected chi connectivity index (χ3v) is 1.93. The van der Waals surface area contributed by atoms with Gasteiger partial charge in [-0.15, -0.1) is 0 Å². The van der Waals surface area contributed by atoms with Gasteiger partial charge in [-0.05, 0) is 12.2 Å². The Morgan fingerprint density at radius 1 is 1.55 bits per heavy atom. The minimum Gasteiger partial charge on any atom is -0.478 e. The van der Waals surface area contributed by atoms with Crippen LogP contribution in [-0.4, -0.2) is 34.3 Å². The number of hydrogen-bond donors (Lipinski definition) is 2. The van der Waals surface area contributed by atoms with Crippen molar-refractivity contribution in [2.75, 3.05) is 18.1 Å². The monoisotopic (exact) mass is 176 g/mol.